The van der Waals surface area contributed by atoms with E-state index in [9.17, 15) is 19.8 Å². The first kappa shape index (κ1) is 32.7. The van der Waals surface area contributed by atoms with Crippen LogP contribution in [0.1, 0.15) is 34.8 Å². The van der Waals surface area contributed by atoms with E-state index < -0.39 is 11.9 Å². The van der Waals surface area contributed by atoms with Gasteiger partial charge in [0, 0.05) is 11.1 Å². The highest BCUT2D eigenvalue weighted by atomic mass is 79.9. The monoisotopic (exact) mass is 744 g/mol. The number of thiazole rings is 2. The topological polar surface area (TPSA) is 158 Å². The first-order valence-electron chi connectivity index (χ1n) is 14.5. The third-order valence-corrected chi connectivity index (χ3v) is 9.50. The highest BCUT2D eigenvalue weighted by molar-refractivity contribution is 9.10. The first-order valence-corrected chi connectivity index (χ1v) is 16.9. The summed E-state index contributed by atoms with van der Waals surface area (Å²) in [5.74, 6) is -1.30. The fourth-order valence-corrected chi connectivity index (χ4v) is 7.20. The molecule has 2 N–H and O–H groups in total. The van der Waals surface area contributed by atoms with Crippen LogP contribution in [0.15, 0.2) is 88.1 Å². The predicted molar refractivity (Wildman–Crippen MR) is 186 cm³/mol. The molecule has 242 valence electrons. The Labute approximate surface area is 289 Å². The summed E-state index contributed by atoms with van der Waals surface area (Å²) in [5.41, 5.74) is 3.00. The summed E-state index contributed by atoms with van der Waals surface area (Å²) < 4.78 is 16.7. The number of benzene rings is 2. The zero-order chi connectivity index (χ0) is 33.8. The molecule has 0 unspecified atom stereocenters. The molecule has 5 heterocycles. The van der Waals surface area contributed by atoms with E-state index in [0.717, 1.165) is 16.1 Å². The normalized spacial score (nSPS) is 10.9. The quantitative estimate of drug-likeness (QED) is 0.119. The number of ether oxygens (including phenoxy) is 2. The van der Waals surface area contributed by atoms with Crippen molar-refractivity contribution in [1.29, 1.82) is 0 Å². The van der Waals surface area contributed by atoms with Gasteiger partial charge in [-0.1, -0.05) is 60.7 Å². The minimum atomic E-state index is -0.686. The van der Waals surface area contributed by atoms with Crippen LogP contribution in [0.3, 0.4) is 0 Å². The number of fused-ring (bicyclic) bond motifs is 2. The van der Waals surface area contributed by atoms with Crippen molar-refractivity contribution in [3.63, 3.8) is 0 Å². The molecule has 0 amide bonds. The molecule has 0 radical (unpaired) electrons. The van der Waals surface area contributed by atoms with Crippen LogP contribution in [0, 0.1) is 0 Å². The molecule has 0 atom stereocenters. The van der Waals surface area contributed by atoms with Crippen molar-refractivity contribution in [2.24, 2.45) is 0 Å². The van der Waals surface area contributed by atoms with Gasteiger partial charge >= 0.3 is 11.9 Å². The maximum Gasteiger partial charge on any atom is 0.360 e. The number of rotatable bonds is 7. The van der Waals surface area contributed by atoms with E-state index in [-0.39, 0.29) is 36.1 Å². The Hall–Kier alpha value is -5.18. The third kappa shape index (κ3) is 6.50. The molecule has 0 saturated heterocycles. The van der Waals surface area contributed by atoms with Gasteiger partial charge in [-0.2, -0.15) is 0 Å². The van der Waals surface area contributed by atoms with E-state index >= 15 is 0 Å². The van der Waals surface area contributed by atoms with Gasteiger partial charge in [0.25, 0.3) is 0 Å². The lowest BCUT2D eigenvalue weighted by Gasteiger charge is -2.06. The van der Waals surface area contributed by atoms with E-state index in [1.54, 1.807) is 26.0 Å². The lowest BCUT2D eigenvalue weighted by Crippen LogP contribution is -2.08. The number of nitrogens with zero attached hydrogens (tertiary/aromatic N) is 4. The first-order chi connectivity index (χ1) is 23.3. The Morgan fingerprint density at radius 1 is 0.708 bits per heavy atom. The third-order valence-electron chi connectivity index (χ3n) is 6.72. The number of carbonyl (C=O) groups is 2. The number of furan rings is 1. The van der Waals surface area contributed by atoms with Crippen LogP contribution in [0.25, 0.3) is 53.0 Å². The van der Waals surface area contributed by atoms with Gasteiger partial charge in [0.05, 0.1) is 19.5 Å². The maximum absolute atomic E-state index is 12.2. The molecule has 5 aromatic heterocycles. The number of hydrogen-bond donors (Lipinski definition) is 2. The summed E-state index contributed by atoms with van der Waals surface area (Å²) in [6, 6.07) is 22.7. The summed E-state index contributed by atoms with van der Waals surface area (Å²) in [5, 5.41) is 22.4. The number of hydrogen-bond acceptors (Lipinski definition) is 13. The smallest absolute Gasteiger partial charge is 0.360 e. The van der Waals surface area contributed by atoms with Crippen molar-refractivity contribution in [2.75, 3.05) is 13.2 Å². The van der Waals surface area contributed by atoms with Crippen LogP contribution in [0.2, 0.25) is 0 Å². The Morgan fingerprint density at radius 3 is 1.71 bits per heavy atom. The summed E-state index contributed by atoms with van der Waals surface area (Å²) >= 11 is 5.89. The molecular weight excluding hydrogens is 720 g/mol. The van der Waals surface area contributed by atoms with Gasteiger partial charge in [0.15, 0.2) is 28.6 Å². The Kier molecular flexibility index (Phi) is 9.75. The van der Waals surface area contributed by atoms with E-state index in [4.69, 9.17) is 13.9 Å². The average molecular weight is 746 g/mol. The van der Waals surface area contributed by atoms with E-state index in [1.807, 2.05) is 60.7 Å². The Balaban J connectivity index is 0.000000170. The molecule has 0 aliphatic heterocycles. The number of carbonyl (C=O) groups excluding carboxylic acids is 2. The van der Waals surface area contributed by atoms with E-state index in [2.05, 4.69) is 35.9 Å². The van der Waals surface area contributed by atoms with Gasteiger partial charge in [-0.05, 0) is 41.9 Å². The van der Waals surface area contributed by atoms with Gasteiger partial charge in [0.1, 0.15) is 40.7 Å². The fourth-order valence-electron chi connectivity index (χ4n) is 4.58. The summed E-state index contributed by atoms with van der Waals surface area (Å²) in [7, 11) is 0. The molecule has 14 heteroatoms. The molecule has 7 aromatic rings. The van der Waals surface area contributed by atoms with Gasteiger partial charge in [0.2, 0.25) is 0 Å². The van der Waals surface area contributed by atoms with Gasteiger partial charge in [-0.3, -0.25) is 0 Å². The number of pyridine rings is 2. The van der Waals surface area contributed by atoms with Crippen LogP contribution >= 0.6 is 38.6 Å². The Bertz CT molecular complexity index is 2240. The van der Waals surface area contributed by atoms with E-state index in [1.165, 1.54) is 28.9 Å². The second kappa shape index (κ2) is 14.3. The average Bonchev–Trinajstić information content (AvgIpc) is 3.89. The molecule has 0 bridgehead atoms. The highest BCUT2D eigenvalue weighted by Crippen LogP contribution is 2.42. The summed E-state index contributed by atoms with van der Waals surface area (Å²) in [6.07, 6.45) is 1.52. The summed E-state index contributed by atoms with van der Waals surface area (Å²) in [4.78, 5) is 41.5. The lowest BCUT2D eigenvalue weighted by atomic mass is 10.2. The van der Waals surface area contributed by atoms with Crippen molar-refractivity contribution in [2.45, 2.75) is 13.8 Å². The predicted octanol–water partition coefficient (Wildman–Crippen LogP) is 8.50. The molecule has 0 spiro atoms. The molecule has 0 saturated carbocycles. The molecular formula is C34H25BrN4O7S2. The van der Waals surface area contributed by atoms with Crippen LogP contribution in [0.5, 0.6) is 11.5 Å². The second-order valence-corrected chi connectivity index (χ2v) is 12.6. The molecule has 11 nitrogen and oxygen atoms in total. The van der Waals surface area contributed by atoms with E-state index in [0.29, 0.717) is 41.5 Å². The number of halogens is 1. The summed E-state index contributed by atoms with van der Waals surface area (Å²) in [6.45, 7) is 3.80. The van der Waals surface area contributed by atoms with Crippen LogP contribution in [-0.2, 0) is 9.47 Å². The maximum atomic E-state index is 12.2. The largest absolute Gasteiger partial charge is 0.504 e. The SMILES string of the molecule is CCOC(=O)c1nc(-c2ccco2)c2nc(-c3ccccc3)sc2c1O.CCOC(=O)c1nc(Br)c2nc(-c3ccccc3)sc2c1O. The Morgan fingerprint density at radius 2 is 1.21 bits per heavy atom. The lowest BCUT2D eigenvalue weighted by molar-refractivity contribution is 0.0506. The minimum absolute atomic E-state index is 0.107. The number of aromatic hydroxyl groups is 2. The highest BCUT2D eigenvalue weighted by Gasteiger charge is 2.26. The zero-order valence-corrected chi connectivity index (χ0v) is 28.6. The van der Waals surface area contributed by atoms with Gasteiger partial charge < -0.3 is 24.1 Å². The van der Waals surface area contributed by atoms with Crippen LogP contribution in [-0.4, -0.2) is 55.3 Å². The van der Waals surface area contributed by atoms with Crippen molar-refractivity contribution < 1.29 is 33.7 Å². The van der Waals surface area contributed by atoms with Gasteiger partial charge in [-0.25, -0.2) is 29.5 Å². The number of esters is 2. The van der Waals surface area contributed by atoms with Crippen LogP contribution < -0.4 is 0 Å². The zero-order valence-electron chi connectivity index (χ0n) is 25.3. The standard InChI is InChI=1S/C19H14N2O4S.C15H11BrN2O3S/c1-2-24-19(23)15-16(22)17-14(13(20-15)12-9-6-10-25-12)21-18(26-17)11-7-4-3-5-8-11;1-2-21-15(20)9-11(19)12-10(13(16)17-9)18-14(22-12)8-6-4-3-5-7-8/h3-10,22H,2H2,1H3;3-7,19H,2H2,1H3. The van der Waals surface area contributed by atoms with Crippen molar-refractivity contribution in [3.8, 4) is 44.1 Å². The van der Waals surface area contributed by atoms with Crippen molar-refractivity contribution >= 4 is 71.0 Å². The van der Waals surface area contributed by atoms with Crippen molar-refractivity contribution in [3.05, 3.63) is 95.1 Å². The second-order valence-electron chi connectivity index (χ2n) is 9.80. The van der Waals surface area contributed by atoms with Crippen LogP contribution in [0.4, 0.5) is 0 Å². The molecule has 0 aliphatic rings. The molecule has 7 rings (SSSR count). The molecule has 0 fully saturated rings. The number of aromatic nitrogens is 4. The molecule has 48 heavy (non-hydrogen) atoms. The fraction of sp³-hybridized carbons (Fsp3) is 0.118. The molecule has 2 aromatic carbocycles. The van der Waals surface area contributed by atoms with Gasteiger partial charge in [-0.15, -0.1) is 22.7 Å². The minimum Gasteiger partial charge on any atom is -0.504 e. The molecule has 0 aliphatic carbocycles. The van der Waals surface area contributed by atoms with Crippen molar-refractivity contribution in [1.82, 2.24) is 19.9 Å².